The van der Waals surface area contributed by atoms with E-state index < -0.39 is 0 Å². The molecule has 0 saturated carbocycles. The lowest BCUT2D eigenvalue weighted by Gasteiger charge is -2.27. The summed E-state index contributed by atoms with van der Waals surface area (Å²) in [6.45, 7) is 5.17. The second-order valence-electron chi connectivity index (χ2n) is 6.60. The Labute approximate surface area is 141 Å². The largest absolute Gasteiger partial charge is 0.493 e. The summed E-state index contributed by atoms with van der Waals surface area (Å²) >= 11 is 0. The van der Waals surface area contributed by atoms with E-state index in [9.17, 15) is 0 Å². The maximum absolute atomic E-state index is 6.06. The van der Waals surface area contributed by atoms with Gasteiger partial charge in [-0.25, -0.2) is 4.98 Å². The minimum absolute atomic E-state index is 0.151. The van der Waals surface area contributed by atoms with Gasteiger partial charge in [0.15, 0.2) is 11.3 Å². The highest BCUT2D eigenvalue weighted by atomic mass is 16.5. The van der Waals surface area contributed by atoms with Gasteiger partial charge in [-0.1, -0.05) is 12.1 Å². The van der Waals surface area contributed by atoms with Crippen LogP contribution in [-0.4, -0.2) is 22.7 Å². The number of fused-ring (bicyclic) bond motifs is 2. The third-order valence-corrected chi connectivity index (χ3v) is 4.77. The molecule has 0 bridgehead atoms. The zero-order chi connectivity index (χ0) is 16.7. The number of imidazole rings is 1. The summed E-state index contributed by atoms with van der Waals surface area (Å²) in [6, 6.07) is 8.65. The Hall–Kier alpha value is -2.27. The highest BCUT2D eigenvalue weighted by Gasteiger charge is 2.23. The van der Waals surface area contributed by atoms with Crippen molar-refractivity contribution in [3.05, 3.63) is 47.7 Å². The van der Waals surface area contributed by atoms with Gasteiger partial charge in [-0.15, -0.1) is 0 Å². The van der Waals surface area contributed by atoms with Crippen LogP contribution in [0.5, 0.6) is 5.75 Å². The van der Waals surface area contributed by atoms with Gasteiger partial charge < -0.3 is 19.0 Å². The third-order valence-electron chi connectivity index (χ3n) is 4.77. The molecule has 2 unspecified atom stereocenters. The molecular weight excluding hydrogens is 302 g/mol. The SMILES string of the molecule is COc1cccc2cc(C(C)NC3CCc4nc(C)cn4C3)oc12. The molecule has 126 valence electrons. The normalized spacial score (nSPS) is 18.5. The third kappa shape index (κ3) is 2.69. The van der Waals surface area contributed by atoms with Crippen LogP contribution >= 0.6 is 0 Å². The fourth-order valence-electron chi connectivity index (χ4n) is 3.59. The number of methoxy groups -OCH3 is 1. The van der Waals surface area contributed by atoms with E-state index >= 15 is 0 Å². The van der Waals surface area contributed by atoms with E-state index in [-0.39, 0.29) is 6.04 Å². The summed E-state index contributed by atoms with van der Waals surface area (Å²) in [4.78, 5) is 4.57. The minimum Gasteiger partial charge on any atom is -0.493 e. The second-order valence-corrected chi connectivity index (χ2v) is 6.60. The predicted molar refractivity (Wildman–Crippen MR) is 93.4 cm³/mol. The Morgan fingerprint density at radius 3 is 3.12 bits per heavy atom. The molecule has 5 nitrogen and oxygen atoms in total. The van der Waals surface area contributed by atoms with Crippen LogP contribution in [0.2, 0.25) is 0 Å². The van der Waals surface area contributed by atoms with Crippen LogP contribution < -0.4 is 10.1 Å². The summed E-state index contributed by atoms with van der Waals surface area (Å²) in [5.74, 6) is 2.93. The number of rotatable bonds is 4. The van der Waals surface area contributed by atoms with Crippen molar-refractivity contribution in [1.29, 1.82) is 0 Å². The Balaban J connectivity index is 1.51. The lowest BCUT2D eigenvalue weighted by Crippen LogP contribution is -2.38. The summed E-state index contributed by atoms with van der Waals surface area (Å²) in [5.41, 5.74) is 1.92. The molecule has 3 heterocycles. The Kier molecular flexibility index (Phi) is 3.81. The van der Waals surface area contributed by atoms with Gasteiger partial charge in [0.1, 0.15) is 11.6 Å². The fraction of sp³-hybridized carbons (Fsp3) is 0.421. The molecule has 1 aliphatic heterocycles. The van der Waals surface area contributed by atoms with Crippen molar-refractivity contribution in [2.75, 3.05) is 7.11 Å². The van der Waals surface area contributed by atoms with Crippen LogP contribution in [0.15, 0.2) is 34.9 Å². The number of hydrogen-bond acceptors (Lipinski definition) is 4. The first-order chi connectivity index (χ1) is 11.6. The topological polar surface area (TPSA) is 52.2 Å². The number of furan rings is 1. The molecule has 0 amide bonds. The van der Waals surface area contributed by atoms with Crippen LogP contribution in [0, 0.1) is 6.92 Å². The van der Waals surface area contributed by atoms with E-state index in [2.05, 4.69) is 47.0 Å². The maximum atomic E-state index is 6.06. The average Bonchev–Trinajstić information content (AvgIpc) is 3.16. The molecule has 1 aliphatic rings. The van der Waals surface area contributed by atoms with Crippen LogP contribution in [0.4, 0.5) is 0 Å². The number of nitrogens with one attached hydrogen (secondary N) is 1. The summed E-state index contributed by atoms with van der Waals surface area (Å²) < 4.78 is 13.7. The van der Waals surface area contributed by atoms with Crippen LogP contribution in [0.25, 0.3) is 11.0 Å². The molecule has 0 saturated heterocycles. The van der Waals surface area contributed by atoms with Gasteiger partial charge in [-0.05, 0) is 32.4 Å². The number of para-hydroxylation sites is 1. The van der Waals surface area contributed by atoms with E-state index in [1.807, 2.05) is 12.1 Å². The highest BCUT2D eigenvalue weighted by molar-refractivity contribution is 5.83. The smallest absolute Gasteiger partial charge is 0.176 e. The molecule has 2 atom stereocenters. The van der Waals surface area contributed by atoms with Gasteiger partial charge in [-0.3, -0.25) is 0 Å². The molecule has 3 aromatic rings. The molecule has 0 aliphatic carbocycles. The van der Waals surface area contributed by atoms with Gasteiger partial charge in [0.25, 0.3) is 0 Å². The number of hydrogen-bond donors (Lipinski definition) is 1. The van der Waals surface area contributed by atoms with Crippen molar-refractivity contribution in [2.45, 2.75) is 45.3 Å². The number of ether oxygens (including phenoxy) is 1. The highest BCUT2D eigenvalue weighted by Crippen LogP contribution is 2.31. The summed E-state index contributed by atoms with van der Waals surface area (Å²) in [5, 5.41) is 4.78. The van der Waals surface area contributed by atoms with Crippen LogP contribution in [0.1, 0.15) is 36.7 Å². The van der Waals surface area contributed by atoms with Crippen molar-refractivity contribution in [3.8, 4) is 5.75 Å². The first-order valence-corrected chi connectivity index (χ1v) is 8.49. The van der Waals surface area contributed by atoms with Crippen molar-refractivity contribution < 1.29 is 9.15 Å². The number of benzene rings is 1. The summed E-state index contributed by atoms with van der Waals surface area (Å²) in [6.07, 6.45) is 4.26. The minimum atomic E-state index is 0.151. The van der Waals surface area contributed by atoms with Gasteiger partial charge in [-0.2, -0.15) is 0 Å². The number of nitrogens with zero attached hydrogens (tertiary/aromatic N) is 2. The quantitative estimate of drug-likeness (QED) is 0.796. The molecule has 0 fully saturated rings. The molecule has 0 spiro atoms. The lowest BCUT2D eigenvalue weighted by molar-refractivity contribution is 0.329. The number of aromatic nitrogens is 2. The first kappa shape index (κ1) is 15.3. The Morgan fingerprint density at radius 1 is 1.42 bits per heavy atom. The van der Waals surface area contributed by atoms with Gasteiger partial charge in [0.05, 0.1) is 18.8 Å². The predicted octanol–water partition coefficient (Wildman–Crippen LogP) is 3.61. The molecular formula is C19H23N3O2. The molecule has 5 heteroatoms. The fourth-order valence-corrected chi connectivity index (χ4v) is 3.59. The van der Waals surface area contributed by atoms with Gasteiger partial charge in [0.2, 0.25) is 0 Å². The van der Waals surface area contributed by atoms with Crippen molar-refractivity contribution in [2.24, 2.45) is 0 Å². The van der Waals surface area contributed by atoms with E-state index in [0.29, 0.717) is 6.04 Å². The molecule has 2 aromatic heterocycles. The van der Waals surface area contributed by atoms with E-state index in [1.165, 1.54) is 5.82 Å². The Morgan fingerprint density at radius 2 is 2.29 bits per heavy atom. The molecule has 4 rings (SSSR count). The van der Waals surface area contributed by atoms with Gasteiger partial charge >= 0.3 is 0 Å². The first-order valence-electron chi connectivity index (χ1n) is 8.49. The average molecular weight is 325 g/mol. The van der Waals surface area contributed by atoms with Crippen molar-refractivity contribution in [3.63, 3.8) is 0 Å². The molecule has 24 heavy (non-hydrogen) atoms. The van der Waals surface area contributed by atoms with E-state index in [1.54, 1.807) is 7.11 Å². The van der Waals surface area contributed by atoms with Gasteiger partial charge in [0, 0.05) is 30.6 Å². The van der Waals surface area contributed by atoms with E-state index in [4.69, 9.17) is 9.15 Å². The maximum Gasteiger partial charge on any atom is 0.176 e. The number of aryl methyl sites for hydroxylation is 2. The van der Waals surface area contributed by atoms with Crippen molar-refractivity contribution >= 4 is 11.0 Å². The molecule has 1 aromatic carbocycles. The monoisotopic (exact) mass is 325 g/mol. The lowest BCUT2D eigenvalue weighted by atomic mass is 10.1. The van der Waals surface area contributed by atoms with Crippen LogP contribution in [-0.2, 0) is 13.0 Å². The zero-order valence-corrected chi connectivity index (χ0v) is 14.4. The second kappa shape index (κ2) is 5.98. The van der Waals surface area contributed by atoms with Crippen LogP contribution in [0.3, 0.4) is 0 Å². The molecule has 0 radical (unpaired) electrons. The molecule has 1 N–H and O–H groups in total. The summed E-state index contributed by atoms with van der Waals surface area (Å²) in [7, 11) is 1.67. The van der Waals surface area contributed by atoms with E-state index in [0.717, 1.165) is 47.6 Å². The standard InChI is InChI=1S/C19H23N3O2/c1-12-10-22-11-15(7-8-18(22)20-12)21-13(2)17-9-14-5-4-6-16(23-3)19(14)24-17/h4-6,9-10,13,15,21H,7-8,11H2,1-3H3. The Bertz CT molecular complexity index is 865. The zero-order valence-electron chi connectivity index (χ0n) is 14.4. The van der Waals surface area contributed by atoms with Crippen molar-refractivity contribution in [1.82, 2.24) is 14.9 Å².